The number of hydrogen-bond donors (Lipinski definition) is 1. The summed E-state index contributed by atoms with van der Waals surface area (Å²) >= 11 is 1.72. The summed E-state index contributed by atoms with van der Waals surface area (Å²) in [5, 5.41) is 10.2. The molecule has 0 aliphatic heterocycles. The van der Waals surface area contributed by atoms with Gasteiger partial charge in [0.15, 0.2) is 0 Å². The van der Waals surface area contributed by atoms with Crippen LogP contribution in [-0.2, 0) is 17.9 Å². The first kappa shape index (κ1) is 19.6. The molecule has 0 bridgehead atoms. The van der Waals surface area contributed by atoms with E-state index in [1.54, 1.807) is 18.0 Å². The Labute approximate surface area is 164 Å². The Bertz CT molecular complexity index is 835. The van der Waals surface area contributed by atoms with Gasteiger partial charge in [-0.25, -0.2) is 4.98 Å². The maximum Gasteiger partial charge on any atom is 0.136 e. The van der Waals surface area contributed by atoms with Crippen molar-refractivity contribution in [3.8, 4) is 0 Å². The third-order valence-electron chi connectivity index (χ3n) is 4.06. The van der Waals surface area contributed by atoms with Gasteiger partial charge in [0.25, 0.3) is 0 Å². The number of nitrogens with zero attached hydrogens (tertiary/aromatic N) is 3. The van der Waals surface area contributed by atoms with E-state index in [0.29, 0.717) is 25.7 Å². The zero-order chi connectivity index (χ0) is 19.1. The van der Waals surface area contributed by atoms with Crippen LogP contribution >= 0.6 is 11.8 Å². The van der Waals surface area contributed by atoms with Gasteiger partial charge < -0.3 is 14.4 Å². The monoisotopic (exact) mass is 383 g/mol. The summed E-state index contributed by atoms with van der Waals surface area (Å²) in [5.41, 5.74) is 2.18. The standard InChI is InChI=1S/C21H25N3O2S/c1-16(2)20-21(27-18-8-4-3-5-9-18)24(14-17-7-6-10-22-13-17)19(23-20)15-26-12-11-25/h3-10,13,16,25H,11-12,14-15H2,1-2H3. The van der Waals surface area contributed by atoms with Gasteiger partial charge >= 0.3 is 0 Å². The van der Waals surface area contributed by atoms with Crippen molar-refractivity contribution >= 4 is 11.8 Å². The number of aliphatic hydroxyl groups excluding tert-OH is 1. The summed E-state index contributed by atoms with van der Waals surface area (Å²) in [7, 11) is 0. The van der Waals surface area contributed by atoms with E-state index in [2.05, 4.69) is 41.6 Å². The molecule has 2 aromatic heterocycles. The van der Waals surface area contributed by atoms with Crippen molar-refractivity contribution in [2.45, 2.75) is 42.8 Å². The van der Waals surface area contributed by atoms with E-state index in [-0.39, 0.29) is 6.61 Å². The molecule has 0 aliphatic carbocycles. The van der Waals surface area contributed by atoms with Gasteiger partial charge in [0.05, 0.1) is 25.5 Å². The zero-order valence-corrected chi connectivity index (χ0v) is 16.5. The highest BCUT2D eigenvalue weighted by Crippen LogP contribution is 2.35. The highest BCUT2D eigenvalue weighted by Gasteiger charge is 2.21. The van der Waals surface area contributed by atoms with E-state index >= 15 is 0 Å². The third-order valence-corrected chi connectivity index (χ3v) is 5.19. The van der Waals surface area contributed by atoms with Crippen LogP contribution < -0.4 is 0 Å². The Kier molecular flexibility index (Phi) is 7.04. The van der Waals surface area contributed by atoms with Gasteiger partial charge in [-0.1, -0.05) is 49.9 Å². The molecule has 3 rings (SSSR count). The number of aromatic nitrogens is 3. The van der Waals surface area contributed by atoms with E-state index in [0.717, 1.165) is 22.1 Å². The van der Waals surface area contributed by atoms with E-state index in [4.69, 9.17) is 14.8 Å². The average molecular weight is 384 g/mol. The number of benzene rings is 1. The topological polar surface area (TPSA) is 60.2 Å². The van der Waals surface area contributed by atoms with Crippen LogP contribution in [0.15, 0.2) is 64.8 Å². The second kappa shape index (κ2) is 9.69. The van der Waals surface area contributed by atoms with Crippen LogP contribution in [0.5, 0.6) is 0 Å². The molecule has 0 amide bonds. The fourth-order valence-electron chi connectivity index (χ4n) is 2.76. The van der Waals surface area contributed by atoms with Crippen LogP contribution in [-0.4, -0.2) is 32.9 Å². The Hall–Kier alpha value is -2.15. The van der Waals surface area contributed by atoms with Gasteiger partial charge in [0.1, 0.15) is 17.5 Å². The van der Waals surface area contributed by atoms with E-state index in [1.807, 2.05) is 30.5 Å². The molecule has 0 atom stereocenters. The van der Waals surface area contributed by atoms with Crippen molar-refractivity contribution in [2.24, 2.45) is 0 Å². The molecular formula is C21H25N3O2S. The Balaban J connectivity index is 2.00. The molecule has 0 fully saturated rings. The molecular weight excluding hydrogens is 358 g/mol. The first-order valence-corrected chi connectivity index (χ1v) is 9.90. The molecule has 0 unspecified atom stereocenters. The first-order valence-electron chi connectivity index (χ1n) is 9.08. The summed E-state index contributed by atoms with van der Waals surface area (Å²) in [4.78, 5) is 10.3. The molecule has 0 saturated heterocycles. The molecule has 5 nitrogen and oxygen atoms in total. The molecule has 0 spiro atoms. The Morgan fingerprint density at radius 2 is 1.96 bits per heavy atom. The molecule has 0 radical (unpaired) electrons. The maximum absolute atomic E-state index is 9.03. The quantitative estimate of drug-likeness (QED) is 0.564. The minimum atomic E-state index is 0.00593. The summed E-state index contributed by atoms with van der Waals surface area (Å²) in [6.45, 7) is 5.68. The van der Waals surface area contributed by atoms with E-state index < -0.39 is 0 Å². The smallest absolute Gasteiger partial charge is 0.136 e. The van der Waals surface area contributed by atoms with Gasteiger partial charge in [0, 0.05) is 17.3 Å². The van der Waals surface area contributed by atoms with Crippen LogP contribution in [0.2, 0.25) is 0 Å². The van der Waals surface area contributed by atoms with Crippen LogP contribution in [0.3, 0.4) is 0 Å². The number of aliphatic hydroxyl groups is 1. The zero-order valence-electron chi connectivity index (χ0n) is 15.7. The summed E-state index contributed by atoms with van der Waals surface area (Å²) in [6.07, 6.45) is 3.66. The van der Waals surface area contributed by atoms with Crippen LogP contribution in [0, 0.1) is 0 Å². The number of pyridine rings is 1. The molecule has 0 saturated carbocycles. The lowest BCUT2D eigenvalue weighted by molar-refractivity contribution is 0.0759. The molecule has 2 heterocycles. The van der Waals surface area contributed by atoms with Crippen molar-refractivity contribution in [1.82, 2.24) is 14.5 Å². The highest BCUT2D eigenvalue weighted by molar-refractivity contribution is 7.99. The van der Waals surface area contributed by atoms with Crippen molar-refractivity contribution in [3.63, 3.8) is 0 Å². The molecule has 6 heteroatoms. The van der Waals surface area contributed by atoms with Gasteiger partial charge in [-0.2, -0.15) is 0 Å². The number of ether oxygens (including phenoxy) is 1. The maximum atomic E-state index is 9.03. The number of imidazole rings is 1. The van der Waals surface area contributed by atoms with Crippen molar-refractivity contribution in [2.75, 3.05) is 13.2 Å². The molecule has 3 aromatic rings. The third kappa shape index (κ3) is 5.19. The van der Waals surface area contributed by atoms with Gasteiger partial charge in [-0.3, -0.25) is 4.98 Å². The lowest BCUT2D eigenvalue weighted by Gasteiger charge is -2.13. The lowest BCUT2D eigenvalue weighted by Crippen LogP contribution is -2.09. The van der Waals surface area contributed by atoms with E-state index in [1.165, 1.54) is 4.90 Å². The minimum absolute atomic E-state index is 0.00593. The fraction of sp³-hybridized carbons (Fsp3) is 0.333. The van der Waals surface area contributed by atoms with Crippen molar-refractivity contribution in [1.29, 1.82) is 0 Å². The van der Waals surface area contributed by atoms with E-state index in [9.17, 15) is 0 Å². The van der Waals surface area contributed by atoms with Crippen molar-refractivity contribution < 1.29 is 9.84 Å². The average Bonchev–Trinajstić information content (AvgIpc) is 3.01. The van der Waals surface area contributed by atoms with Crippen LogP contribution in [0.25, 0.3) is 0 Å². The molecule has 1 N–H and O–H groups in total. The van der Waals surface area contributed by atoms with Crippen LogP contribution in [0.1, 0.15) is 36.8 Å². The van der Waals surface area contributed by atoms with Crippen LogP contribution in [0.4, 0.5) is 0 Å². The summed E-state index contributed by atoms with van der Waals surface area (Å²) in [5.74, 6) is 1.16. The van der Waals surface area contributed by atoms with Gasteiger partial charge in [0.2, 0.25) is 0 Å². The number of rotatable bonds is 9. The normalized spacial score (nSPS) is 11.3. The molecule has 1 aromatic carbocycles. The first-order chi connectivity index (χ1) is 13.2. The van der Waals surface area contributed by atoms with Crippen molar-refractivity contribution in [3.05, 3.63) is 71.9 Å². The minimum Gasteiger partial charge on any atom is -0.394 e. The molecule has 27 heavy (non-hydrogen) atoms. The molecule has 0 aliphatic rings. The predicted molar refractivity (Wildman–Crippen MR) is 107 cm³/mol. The number of hydrogen-bond acceptors (Lipinski definition) is 5. The fourth-order valence-corrected chi connectivity index (χ4v) is 3.94. The largest absolute Gasteiger partial charge is 0.394 e. The predicted octanol–water partition coefficient (Wildman–Crippen LogP) is 4.11. The molecule has 142 valence electrons. The highest BCUT2D eigenvalue weighted by atomic mass is 32.2. The van der Waals surface area contributed by atoms with Gasteiger partial charge in [-0.15, -0.1) is 0 Å². The Morgan fingerprint density at radius 3 is 2.63 bits per heavy atom. The SMILES string of the molecule is CC(C)c1nc(COCCO)n(Cc2cccnc2)c1Sc1ccccc1. The summed E-state index contributed by atoms with van der Waals surface area (Å²) in [6, 6.07) is 14.3. The van der Waals surface area contributed by atoms with Gasteiger partial charge in [-0.05, 0) is 29.7 Å². The second-order valence-electron chi connectivity index (χ2n) is 6.51. The Morgan fingerprint density at radius 1 is 1.15 bits per heavy atom. The lowest BCUT2D eigenvalue weighted by atomic mass is 10.1. The second-order valence-corrected chi connectivity index (χ2v) is 7.57. The summed E-state index contributed by atoms with van der Waals surface area (Å²) < 4.78 is 7.80.